The number of hydrogen-bond donors (Lipinski definition) is 3. The molecular weight excluding hydrogens is 432 g/mol. The van der Waals surface area contributed by atoms with Crippen LogP contribution >= 0.6 is 23.8 Å². The van der Waals surface area contributed by atoms with Crippen molar-refractivity contribution in [1.29, 1.82) is 0 Å². The van der Waals surface area contributed by atoms with Crippen molar-refractivity contribution in [1.82, 2.24) is 5.32 Å². The highest BCUT2D eigenvalue weighted by molar-refractivity contribution is 7.80. The number of anilines is 2. The van der Waals surface area contributed by atoms with E-state index in [-0.39, 0.29) is 32.6 Å². The van der Waals surface area contributed by atoms with E-state index in [1.165, 1.54) is 30.3 Å². The number of amides is 1. The lowest BCUT2D eigenvalue weighted by Crippen LogP contribution is -2.34. The first-order chi connectivity index (χ1) is 14.3. The van der Waals surface area contributed by atoms with Crippen LogP contribution in [0.5, 0.6) is 0 Å². The van der Waals surface area contributed by atoms with Gasteiger partial charge in [-0.15, -0.1) is 0 Å². The number of thiocarbonyl (C=S) groups is 1. The number of benzene rings is 2. The number of halogens is 1. The maximum atomic E-state index is 12.5. The summed E-state index contributed by atoms with van der Waals surface area (Å²) in [5.74, 6) is -1.79. The Hall–Kier alpha value is -3.24. The first-order valence-electron chi connectivity index (χ1n) is 8.95. The molecule has 1 aliphatic rings. The van der Waals surface area contributed by atoms with Crippen LogP contribution in [0.15, 0.2) is 36.4 Å². The molecule has 30 heavy (non-hydrogen) atoms. The van der Waals surface area contributed by atoms with Crippen molar-refractivity contribution >= 4 is 57.9 Å². The zero-order valence-corrected chi connectivity index (χ0v) is 17.1. The Kier molecular flexibility index (Phi) is 6.48. The van der Waals surface area contributed by atoms with Crippen LogP contribution in [0, 0.1) is 10.1 Å². The second-order valence-corrected chi connectivity index (χ2v) is 7.38. The van der Waals surface area contributed by atoms with E-state index in [2.05, 4.69) is 10.6 Å². The number of rotatable bonds is 5. The highest BCUT2D eigenvalue weighted by Crippen LogP contribution is 2.31. The summed E-state index contributed by atoms with van der Waals surface area (Å²) in [6, 6.07) is 8.26. The van der Waals surface area contributed by atoms with Gasteiger partial charge in [-0.05, 0) is 55.4 Å². The zero-order chi connectivity index (χ0) is 21.8. The number of carboxylic acid groups (broad SMARTS) is 1. The lowest BCUT2D eigenvalue weighted by atomic mass is 10.1. The number of carboxylic acids is 1. The van der Waals surface area contributed by atoms with Gasteiger partial charge in [-0.2, -0.15) is 0 Å². The third-order valence-corrected chi connectivity index (χ3v) is 5.10. The van der Waals surface area contributed by atoms with Gasteiger partial charge in [0.05, 0.1) is 21.2 Å². The molecule has 1 amide bonds. The maximum absolute atomic E-state index is 12.5. The fourth-order valence-electron chi connectivity index (χ4n) is 3.12. The van der Waals surface area contributed by atoms with Crippen molar-refractivity contribution in [2.24, 2.45) is 0 Å². The molecule has 0 radical (unpaired) electrons. The summed E-state index contributed by atoms with van der Waals surface area (Å²) < 4.78 is 0. The number of nitro benzene ring substituents is 1. The van der Waals surface area contributed by atoms with Gasteiger partial charge in [0.25, 0.3) is 11.6 Å². The monoisotopic (exact) mass is 448 g/mol. The van der Waals surface area contributed by atoms with Crippen LogP contribution in [0.4, 0.5) is 17.1 Å². The Bertz CT molecular complexity index is 1040. The SMILES string of the molecule is O=C(O)c1ccc(Cl)c(NC(=S)NC(=O)c2ccc(N3CCCC3)c([N+](=O)[O-])c2)c1. The first kappa shape index (κ1) is 21.5. The van der Waals surface area contributed by atoms with Gasteiger partial charge < -0.3 is 15.3 Å². The van der Waals surface area contributed by atoms with E-state index in [4.69, 9.17) is 28.9 Å². The molecule has 0 saturated carbocycles. The van der Waals surface area contributed by atoms with Gasteiger partial charge in [0, 0.05) is 24.7 Å². The summed E-state index contributed by atoms with van der Waals surface area (Å²) >= 11 is 11.1. The quantitative estimate of drug-likeness (QED) is 0.359. The van der Waals surface area contributed by atoms with E-state index in [9.17, 15) is 19.7 Å². The first-order valence-corrected chi connectivity index (χ1v) is 9.73. The van der Waals surface area contributed by atoms with Crippen LogP contribution in [0.25, 0.3) is 0 Å². The van der Waals surface area contributed by atoms with Crippen molar-refractivity contribution in [3.05, 3.63) is 62.7 Å². The van der Waals surface area contributed by atoms with Gasteiger partial charge in [0.2, 0.25) is 0 Å². The van der Waals surface area contributed by atoms with Crippen LogP contribution in [-0.4, -0.2) is 40.1 Å². The summed E-state index contributed by atoms with van der Waals surface area (Å²) in [7, 11) is 0. The van der Waals surface area contributed by atoms with E-state index in [1.807, 2.05) is 4.90 Å². The number of nitrogens with zero attached hydrogens (tertiary/aromatic N) is 2. The molecule has 0 aliphatic carbocycles. The summed E-state index contributed by atoms with van der Waals surface area (Å²) in [6.07, 6.45) is 1.93. The number of aromatic carboxylic acids is 1. The fraction of sp³-hybridized carbons (Fsp3) is 0.211. The minimum atomic E-state index is -1.14. The van der Waals surface area contributed by atoms with E-state index in [0.29, 0.717) is 5.69 Å². The molecule has 0 bridgehead atoms. The summed E-state index contributed by atoms with van der Waals surface area (Å²) in [5.41, 5.74) is 0.591. The van der Waals surface area contributed by atoms with Crippen molar-refractivity contribution in [2.45, 2.75) is 12.8 Å². The van der Waals surface area contributed by atoms with Crippen molar-refractivity contribution < 1.29 is 19.6 Å². The molecule has 0 atom stereocenters. The van der Waals surface area contributed by atoms with Gasteiger partial charge in [0.1, 0.15) is 5.69 Å². The van der Waals surface area contributed by atoms with Gasteiger partial charge in [-0.3, -0.25) is 20.2 Å². The van der Waals surface area contributed by atoms with Crippen LogP contribution in [-0.2, 0) is 0 Å². The van der Waals surface area contributed by atoms with E-state index in [1.54, 1.807) is 6.07 Å². The number of hydrogen-bond acceptors (Lipinski definition) is 6. The molecule has 2 aromatic rings. The molecule has 1 aliphatic heterocycles. The number of nitro groups is 1. The summed E-state index contributed by atoms with van der Waals surface area (Å²) in [6.45, 7) is 1.47. The third kappa shape index (κ3) is 4.84. The largest absolute Gasteiger partial charge is 0.478 e. The second kappa shape index (κ2) is 9.06. The topological polar surface area (TPSA) is 125 Å². The average Bonchev–Trinajstić information content (AvgIpc) is 3.23. The van der Waals surface area contributed by atoms with E-state index < -0.39 is 16.8 Å². The minimum absolute atomic E-state index is 0.0100. The lowest BCUT2D eigenvalue weighted by molar-refractivity contribution is -0.384. The molecule has 3 rings (SSSR count). The lowest BCUT2D eigenvalue weighted by Gasteiger charge is -2.18. The molecule has 9 nitrogen and oxygen atoms in total. The molecule has 2 aromatic carbocycles. The highest BCUT2D eigenvalue weighted by atomic mass is 35.5. The summed E-state index contributed by atoms with van der Waals surface area (Å²) in [4.78, 5) is 36.5. The molecule has 156 valence electrons. The van der Waals surface area contributed by atoms with Gasteiger partial charge in [-0.25, -0.2) is 4.79 Å². The Morgan fingerprint density at radius 2 is 1.80 bits per heavy atom. The van der Waals surface area contributed by atoms with Gasteiger partial charge in [0.15, 0.2) is 5.11 Å². The summed E-state index contributed by atoms with van der Waals surface area (Å²) in [5, 5.41) is 25.7. The van der Waals surface area contributed by atoms with Crippen LogP contribution in [0.2, 0.25) is 5.02 Å². The van der Waals surface area contributed by atoms with Crippen molar-refractivity contribution in [3.63, 3.8) is 0 Å². The molecule has 1 heterocycles. The van der Waals surface area contributed by atoms with Gasteiger partial charge >= 0.3 is 5.97 Å². The molecule has 0 aromatic heterocycles. The minimum Gasteiger partial charge on any atom is -0.478 e. The molecule has 3 N–H and O–H groups in total. The maximum Gasteiger partial charge on any atom is 0.335 e. The highest BCUT2D eigenvalue weighted by Gasteiger charge is 2.24. The molecule has 1 saturated heterocycles. The number of nitrogens with one attached hydrogen (secondary N) is 2. The number of carbonyl (C=O) groups is 2. The molecule has 0 spiro atoms. The average molecular weight is 449 g/mol. The predicted octanol–water partition coefficient (Wildman–Crippen LogP) is 3.67. The van der Waals surface area contributed by atoms with Crippen molar-refractivity contribution in [2.75, 3.05) is 23.3 Å². The third-order valence-electron chi connectivity index (χ3n) is 4.57. The molecule has 11 heteroatoms. The van der Waals surface area contributed by atoms with Crippen LogP contribution in [0.3, 0.4) is 0 Å². The Morgan fingerprint density at radius 3 is 2.43 bits per heavy atom. The van der Waals surface area contributed by atoms with Gasteiger partial charge in [-0.1, -0.05) is 11.6 Å². The standard InChI is InChI=1S/C19H17ClN4O5S/c20-13-5-3-12(18(26)27)9-14(13)21-19(30)22-17(25)11-4-6-15(16(10-11)24(28)29)23-7-1-2-8-23/h3-6,9-10H,1-2,7-8H2,(H,26,27)(H2,21,22,25,30). The van der Waals surface area contributed by atoms with Crippen LogP contribution < -0.4 is 15.5 Å². The van der Waals surface area contributed by atoms with Crippen molar-refractivity contribution in [3.8, 4) is 0 Å². The molecule has 1 fully saturated rings. The zero-order valence-electron chi connectivity index (χ0n) is 15.6. The molecular formula is C19H17ClN4O5S. The Labute approximate surface area is 181 Å². The Morgan fingerprint density at radius 1 is 1.13 bits per heavy atom. The molecule has 0 unspecified atom stereocenters. The number of carbonyl (C=O) groups excluding carboxylic acids is 1. The normalized spacial score (nSPS) is 13.0. The predicted molar refractivity (Wildman–Crippen MR) is 117 cm³/mol. The smallest absolute Gasteiger partial charge is 0.335 e. The Balaban J connectivity index is 1.75. The fourth-order valence-corrected chi connectivity index (χ4v) is 3.49. The van der Waals surface area contributed by atoms with Crippen LogP contribution in [0.1, 0.15) is 33.6 Å². The second-order valence-electron chi connectivity index (χ2n) is 6.56. The van der Waals surface area contributed by atoms with E-state index in [0.717, 1.165) is 25.9 Å². The van der Waals surface area contributed by atoms with E-state index >= 15 is 0 Å².